The van der Waals surface area contributed by atoms with E-state index in [-0.39, 0.29) is 6.42 Å². The molecule has 0 saturated heterocycles. The van der Waals surface area contributed by atoms with Crippen molar-refractivity contribution < 1.29 is 9.90 Å². The van der Waals surface area contributed by atoms with Crippen LogP contribution >= 0.6 is 0 Å². The average molecular weight is 252 g/mol. The molecule has 2 N–H and O–H groups in total. The van der Waals surface area contributed by atoms with E-state index in [2.05, 4.69) is 9.97 Å². The third kappa shape index (κ3) is 2.33. The van der Waals surface area contributed by atoms with Gasteiger partial charge in [-0.05, 0) is 28.8 Å². The highest BCUT2D eigenvalue weighted by Crippen LogP contribution is 2.23. The minimum Gasteiger partial charge on any atom is -0.481 e. The molecule has 0 fully saturated rings. The van der Waals surface area contributed by atoms with Crippen molar-refractivity contribution in [3.8, 4) is 11.1 Å². The Balaban J connectivity index is 2.02. The zero-order valence-electron chi connectivity index (χ0n) is 10.1. The lowest BCUT2D eigenvalue weighted by molar-refractivity contribution is -0.136. The molecular weight excluding hydrogens is 240 g/mol. The number of carbonyl (C=O) groups is 1. The molecule has 0 amide bonds. The predicted octanol–water partition coefficient (Wildman–Crippen LogP) is 2.86. The van der Waals surface area contributed by atoms with Crippen LogP contribution < -0.4 is 0 Å². The molecule has 4 nitrogen and oxygen atoms in total. The van der Waals surface area contributed by atoms with Crippen molar-refractivity contribution in [2.24, 2.45) is 0 Å². The molecule has 4 heteroatoms. The molecule has 0 bridgehead atoms. The van der Waals surface area contributed by atoms with Gasteiger partial charge in [-0.3, -0.25) is 4.79 Å². The number of fused-ring (bicyclic) bond motifs is 1. The minimum atomic E-state index is -0.818. The molecule has 2 aromatic carbocycles. The lowest BCUT2D eigenvalue weighted by Gasteiger charge is -2.04. The van der Waals surface area contributed by atoms with E-state index in [0.29, 0.717) is 0 Å². The van der Waals surface area contributed by atoms with E-state index < -0.39 is 5.97 Å². The van der Waals surface area contributed by atoms with Gasteiger partial charge in [-0.15, -0.1) is 0 Å². The summed E-state index contributed by atoms with van der Waals surface area (Å²) in [5, 5.41) is 8.83. The van der Waals surface area contributed by atoms with Crippen LogP contribution in [-0.4, -0.2) is 21.0 Å². The minimum absolute atomic E-state index is 0.0418. The van der Waals surface area contributed by atoms with Crippen molar-refractivity contribution in [1.82, 2.24) is 9.97 Å². The van der Waals surface area contributed by atoms with E-state index in [1.54, 1.807) is 6.33 Å². The van der Waals surface area contributed by atoms with Crippen LogP contribution in [0.5, 0.6) is 0 Å². The first kappa shape index (κ1) is 11.5. The van der Waals surface area contributed by atoms with Crippen molar-refractivity contribution in [1.29, 1.82) is 0 Å². The largest absolute Gasteiger partial charge is 0.481 e. The third-order valence-electron chi connectivity index (χ3n) is 3.04. The number of rotatable bonds is 3. The zero-order valence-corrected chi connectivity index (χ0v) is 10.1. The number of carboxylic acids is 1. The van der Waals surface area contributed by atoms with E-state index in [1.807, 2.05) is 42.5 Å². The Morgan fingerprint density at radius 3 is 2.84 bits per heavy atom. The summed E-state index contributed by atoms with van der Waals surface area (Å²) in [6.45, 7) is 0. The van der Waals surface area contributed by atoms with Crippen LogP contribution in [-0.2, 0) is 11.2 Å². The first-order valence-corrected chi connectivity index (χ1v) is 5.96. The Kier molecular flexibility index (Phi) is 2.76. The molecule has 0 unspecified atom stereocenters. The van der Waals surface area contributed by atoms with Crippen molar-refractivity contribution >= 4 is 17.0 Å². The normalized spacial score (nSPS) is 10.7. The molecule has 0 saturated carbocycles. The van der Waals surface area contributed by atoms with E-state index in [1.165, 1.54) is 0 Å². The van der Waals surface area contributed by atoms with Crippen molar-refractivity contribution in [3.05, 3.63) is 54.4 Å². The Morgan fingerprint density at radius 2 is 2.00 bits per heavy atom. The van der Waals surface area contributed by atoms with Crippen molar-refractivity contribution in [3.63, 3.8) is 0 Å². The van der Waals surface area contributed by atoms with Gasteiger partial charge < -0.3 is 10.1 Å². The van der Waals surface area contributed by atoms with Gasteiger partial charge in [0.1, 0.15) is 0 Å². The second-order valence-corrected chi connectivity index (χ2v) is 4.41. The molecular formula is C15H12N2O2. The SMILES string of the molecule is O=C(O)Cc1cccc(-c2ccc3nc[nH]c3c2)c1. The van der Waals surface area contributed by atoms with Crippen LogP contribution in [0, 0.1) is 0 Å². The van der Waals surface area contributed by atoms with Gasteiger partial charge in [0, 0.05) is 0 Å². The maximum absolute atomic E-state index is 10.7. The number of carboxylic acid groups (broad SMARTS) is 1. The van der Waals surface area contributed by atoms with Crippen LogP contribution in [0.3, 0.4) is 0 Å². The van der Waals surface area contributed by atoms with Gasteiger partial charge in [0.2, 0.25) is 0 Å². The smallest absolute Gasteiger partial charge is 0.307 e. The number of aliphatic carboxylic acids is 1. The summed E-state index contributed by atoms with van der Waals surface area (Å²) in [6.07, 6.45) is 1.70. The number of nitrogens with zero attached hydrogens (tertiary/aromatic N) is 1. The number of hydrogen-bond acceptors (Lipinski definition) is 2. The summed E-state index contributed by atoms with van der Waals surface area (Å²) in [5.74, 6) is -0.818. The van der Waals surface area contributed by atoms with Crippen LogP contribution in [0.25, 0.3) is 22.2 Å². The standard InChI is InChI=1S/C15H12N2O2/c18-15(19)7-10-2-1-3-11(6-10)12-4-5-13-14(8-12)17-9-16-13/h1-6,8-9H,7H2,(H,16,17)(H,18,19). The molecule has 0 aliphatic rings. The first-order chi connectivity index (χ1) is 9.22. The van der Waals surface area contributed by atoms with Crippen LogP contribution in [0.2, 0.25) is 0 Å². The lowest BCUT2D eigenvalue weighted by Crippen LogP contribution is -1.99. The van der Waals surface area contributed by atoms with Gasteiger partial charge in [0.05, 0.1) is 23.8 Å². The fourth-order valence-corrected chi connectivity index (χ4v) is 2.15. The predicted molar refractivity (Wildman–Crippen MR) is 72.9 cm³/mol. The molecule has 0 spiro atoms. The fraction of sp³-hybridized carbons (Fsp3) is 0.0667. The maximum Gasteiger partial charge on any atom is 0.307 e. The number of nitrogens with one attached hydrogen (secondary N) is 1. The molecule has 1 heterocycles. The van der Waals surface area contributed by atoms with Gasteiger partial charge in [-0.1, -0.05) is 30.3 Å². The van der Waals surface area contributed by atoms with Gasteiger partial charge >= 0.3 is 5.97 Å². The van der Waals surface area contributed by atoms with Crippen molar-refractivity contribution in [2.45, 2.75) is 6.42 Å². The number of hydrogen-bond donors (Lipinski definition) is 2. The summed E-state index contributed by atoms with van der Waals surface area (Å²) >= 11 is 0. The number of benzene rings is 2. The number of aromatic nitrogens is 2. The van der Waals surface area contributed by atoms with E-state index in [4.69, 9.17) is 5.11 Å². The molecule has 3 rings (SSSR count). The second kappa shape index (κ2) is 4.57. The zero-order chi connectivity index (χ0) is 13.2. The van der Waals surface area contributed by atoms with Gasteiger partial charge in [-0.25, -0.2) is 4.98 Å². The van der Waals surface area contributed by atoms with Crippen LogP contribution in [0.15, 0.2) is 48.8 Å². The number of H-pyrrole nitrogens is 1. The maximum atomic E-state index is 10.7. The Labute approximate surface area is 109 Å². The monoisotopic (exact) mass is 252 g/mol. The summed E-state index contributed by atoms with van der Waals surface area (Å²) < 4.78 is 0. The highest BCUT2D eigenvalue weighted by atomic mass is 16.4. The molecule has 0 aliphatic heterocycles. The van der Waals surface area contributed by atoms with Gasteiger partial charge in [0.25, 0.3) is 0 Å². The average Bonchev–Trinajstić information content (AvgIpc) is 2.85. The Bertz CT molecular complexity index is 746. The highest BCUT2D eigenvalue weighted by molar-refractivity contribution is 5.82. The Hall–Kier alpha value is -2.62. The van der Waals surface area contributed by atoms with Crippen LogP contribution in [0.4, 0.5) is 0 Å². The number of aromatic amines is 1. The highest BCUT2D eigenvalue weighted by Gasteiger charge is 2.04. The molecule has 1 aromatic heterocycles. The van der Waals surface area contributed by atoms with E-state index >= 15 is 0 Å². The molecule has 0 aliphatic carbocycles. The molecule has 3 aromatic rings. The summed E-state index contributed by atoms with van der Waals surface area (Å²) in [4.78, 5) is 18.0. The van der Waals surface area contributed by atoms with Gasteiger partial charge in [0.15, 0.2) is 0 Å². The fourth-order valence-electron chi connectivity index (χ4n) is 2.15. The summed E-state index contributed by atoms with van der Waals surface area (Å²) in [6, 6.07) is 13.5. The van der Waals surface area contributed by atoms with E-state index in [9.17, 15) is 4.79 Å². The summed E-state index contributed by atoms with van der Waals surface area (Å²) in [5.41, 5.74) is 4.75. The number of imidazole rings is 1. The van der Waals surface area contributed by atoms with Gasteiger partial charge in [-0.2, -0.15) is 0 Å². The van der Waals surface area contributed by atoms with Crippen LogP contribution in [0.1, 0.15) is 5.56 Å². The van der Waals surface area contributed by atoms with E-state index in [0.717, 1.165) is 27.7 Å². The second-order valence-electron chi connectivity index (χ2n) is 4.41. The lowest BCUT2D eigenvalue weighted by atomic mass is 10.0. The topological polar surface area (TPSA) is 66.0 Å². The quantitative estimate of drug-likeness (QED) is 0.753. The molecule has 19 heavy (non-hydrogen) atoms. The first-order valence-electron chi connectivity index (χ1n) is 5.96. The molecule has 0 radical (unpaired) electrons. The van der Waals surface area contributed by atoms with Crippen molar-refractivity contribution in [2.75, 3.05) is 0 Å². The Morgan fingerprint density at radius 1 is 1.16 bits per heavy atom. The molecule has 0 atom stereocenters. The summed E-state index contributed by atoms with van der Waals surface area (Å²) in [7, 11) is 0. The molecule has 94 valence electrons. The third-order valence-corrected chi connectivity index (χ3v) is 3.04.